The number of hydrogen-bond acceptors (Lipinski definition) is 4. The highest BCUT2D eigenvalue weighted by molar-refractivity contribution is 5.33. The first-order valence-corrected chi connectivity index (χ1v) is 11.0. The van der Waals surface area contributed by atoms with Crippen LogP contribution in [0.15, 0.2) is 48.5 Å². The number of rotatable bonds is 10. The van der Waals surface area contributed by atoms with Crippen molar-refractivity contribution in [1.29, 1.82) is 5.26 Å². The van der Waals surface area contributed by atoms with Gasteiger partial charge < -0.3 is 4.74 Å². The second-order valence-electron chi connectivity index (χ2n) is 7.93. The summed E-state index contributed by atoms with van der Waals surface area (Å²) in [7, 11) is 0. The molecule has 1 heterocycles. The van der Waals surface area contributed by atoms with Gasteiger partial charge in [0.1, 0.15) is 18.2 Å². The summed E-state index contributed by atoms with van der Waals surface area (Å²) in [6, 6.07) is 16.9. The smallest absolute Gasteiger partial charge is 0.123 e. The van der Waals surface area contributed by atoms with Gasteiger partial charge in [-0.3, -0.25) is 9.80 Å². The molecule has 1 unspecified atom stereocenters. The van der Waals surface area contributed by atoms with Crippen LogP contribution in [0.5, 0.6) is 5.75 Å². The first kappa shape index (κ1) is 22.3. The van der Waals surface area contributed by atoms with E-state index >= 15 is 0 Å². The standard InChI is InChI=1S/C25H32FN3O/c1-2-3-4-5-25(22-8-6-21(20-27)7-9-22)29-16-14-28(15-17-29)18-19-30-24-12-10-23(26)11-13-24/h6-13,25H,2-5,14-19H2,1H3. The molecule has 0 bridgehead atoms. The van der Waals surface area contributed by atoms with Crippen molar-refractivity contribution in [2.75, 3.05) is 39.3 Å². The Morgan fingerprint density at radius 1 is 1.00 bits per heavy atom. The molecule has 2 aromatic carbocycles. The summed E-state index contributed by atoms with van der Waals surface area (Å²) in [5.41, 5.74) is 2.04. The number of nitrogens with zero attached hydrogens (tertiary/aromatic N) is 3. The number of unbranched alkanes of at least 4 members (excludes halogenated alkanes) is 2. The van der Waals surface area contributed by atoms with E-state index in [9.17, 15) is 4.39 Å². The average molecular weight is 410 g/mol. The van der Waals surface area contributed by atoms with E-state index < -0.39 is 0 Å². The van der Waals surface area contributed by atoms with Gasteiger partial charge in [0.25, 0.3) is 0 Å². The van der Waals surface area contributed by atoms with E-state index in [0.717, 1.165) is 44.7 Å². The highest BCUT2D eigenvalue weighted by Crippen LogP contribution is 2.28. The van der Waals surface area contributed by atoms with Crippen LogP contribution in [0.1, 0.15) is 49.8 Å². The topological polar surface area (TPSA) is 39.5 Å². The molecule has 2 aromatic rings. The zero-order valence-corrected chi connectivity index (χ0v) is 17.9. The van der Waals surface area contributed by atoms with Gasteiger partial charge in [0.15, 0.2) is 0 Å². The van der Waals surface area contributed by atoms with E-state index in [-0.39, 0.29) is 5.82 Å². The molecular weight excluding hydrogens is 377 g/mol. The molecule has 0 aromatic heterocycles. The summed E-state index contributed by atoms with van der Waals surface area (Å²) in [5.74, 6) is 0.473. The summed E-state index contributed by atoms with van der Waals surface area (Å²) in [6.45, 7) is 7.84. The van der Waals surface area contributed by atoms with Crippen molar-refractivity contribution >= 4 is 0 Å². The molecule has 1 atom stereocenters. The third-order valence-electron chi connectivity index (χ3n) is 5.84. The molecule has 0 aliphatic carbocycles. The van der Waals surface area contributed by atoms with Gasteiger partial charge in [0.2, 0.25) is 0 Å². The highest BCUT2D eigenvalue weighted by atomic mass is 19.1. The van der Waals surface area contributed by atoms with Gasteiger partial charge in [0, 0.05) is 38.8 Å². The van der Waals surface area contributed by atoms with Gasteiger partial charge in [-0.2, -0.15) is 5.26 Å². The Bertz CT molecular complexity index is 793. The maximum absolute atomic E-state index is 13.0. The summed E-state index contributed by atoms with van der Waals surface area (Å²) < 4.78 is 18.7. The van der Waals surface area contributed by atoms with Crippen molar-refractivity contribution < 1.29 is 9.13 Å². The first-order chi connectivity index (χ1) is 14.7. The predicted octanol–water partition coefficient (Wildman–Crippen LogP) is 5.02. The third-order valence-corrected chi connectivity index (χ3v) is 5.84. The van der Waals surface area contributed by atoms with Crippen LogP contribution in [-0.4, -0.2) is 49.1 Å². The van der Waals surface area contributed by atoms with Crippen LogP contribution in [0.2, 0.25) is 0 Å². The predicted molar refractivity (Wildman–Crippen MR) is 118 cm³/mol. The number of benzene rings is 2. The van der Waals surface area contributed by atoms with Crippen molar-refractivity contribution in [3.63, 3.8) is 0 Å². The molecule has 1 aliphatic rings. The minimum Gasteiger partial charge on any atom is -0.492 e. The molecule has 1 fully saturated rings. The number of nitriles is 1. The van der Waals surface area contributed by atoms with Crippen molar-refractivity contribution in [3.05, 3.63) is 65.5 Å². The van der Waals surface area contributed by atoms with E-state index in [1.165, 1.54) is 37.0 Å². The normalized spacial score (nSPS) is 16.2. The van der Waals surface area contributed by atoms with Crippen LogP contribution in [0.25, 0.3) is 0 Å². The Kier molecular flexibility index (Phi) is 8.67. The Hall–Kier alpha value is -2.42. The monoisotopic (exact) mass is 409 g/mol. The van der Waals surface area contributed by atoms with Gasteiger partial charge >= 0.3 is 0 Å². The van der Waals surface area contributed by atoms with E-state index in [1.807, 2.05) is 12.1 Å². The van der Waals surface area contributed by atoms with Crippen LogP contribution in [-0.2, 0) is 0 Å². The van der Waals surface area contributed by atoms with Crippen molar-refractivity contribution in [3.8, 4) is 11.8 Å². The average Bonchev–Trinajstić information content (AvgIpc) is 2.79. The molecule has 0 N–H and O–H groups in total. The summed E-state index contributed by atoms with van der Waals surface area (Å²) in [4.78, 5) is 5.02. The Balaban J connectivity index is 1.50. The van der Waals surface area contributed by atoms with E-state index in [0.29, 0.717) is 18.4 Å². The van der Waals surface area contributed by atoms with Gasteiger partial charge in [0.05, 0.1) is 11.6 Å². The van der Waals surface area contributed by atoms with Crippen LogP contribution in [0.3, 0.4) is 0 Å². The Labute approximate surface area is 179 Å². The molecular formula is C25H32FN3O. The number of piperazine rings is 1. The minimum absolute atomic E-state index is 0.241. The highest BCUT2D eigenvalue weighted by Gasteiger charge is 2.24. The molecule has 0 saturated carbocycles. The maximum atomic E-state index is 13.0. The van der Waals surface area contributed by atoms with Gasteiger partial charge in [-0.1, -0.05) is 38.3 Å². The lowest BCUT2D eigenvalue weighted by molar-refractivity contribution is 0.0817. The van der Waals surface area contributed by atoms with Crippen molar-refractivity contribution in [2.24, 2.45) is 0 Å². The molecule has 160 valence electrons. The summed E-state index contributed by atoms with van der Waals surface area (Å²) >= 11 is 0. The quantitative estimate of drug-likeness (QED) is 0.517. The fraction of sp³-hybridized carbons (Fsp3) is 0.480. The summed E-state index contributed by atoms with van der Waals surface area (Å²) in [5, 5.41) is 9.08. The second kappa shape index (κ2) is 11.7. The van der Waals surface area contributed by atoms with Crippen molar-refractivity contribution in [2.45, 2.75) is 38.6 Å². The van der Waals surface area contributed by atoms with Crippen LogP contribution >= 0.6 is 0 Å². The molecule has 1 aliphatic heterocycles. The second-order valence-corrected chi connectivity index (χ2v) is 7.93. The molecule has 4 nitrogen and oxygen atoms in total. The Morgan fingerprint density at radius 3 is 2.33 bits per heavy atom. The fourth-order valence-electron chi connectivity index (χ4n) is 4.05. The van der Waals surface area contributed by atoms with E-state index in [1.54, 1.807) is 12.1 Å². The SMILES string of the molecule is CCCCCC(c1ccc(C#N)cc1)N1CCN(CCOc2ccc(F)cc2)CC1. The largest absolute Gasteiger partial charge is 0.492 e. The lowest BCUT2D eigenvalue weighted by atomic mass is 9.97. The molecule has 0 amide bonds. The molecule has 1 saturated heterocycles. The van der Waals surface area contributed by atoms with Gasteiger partial charge in [-0.15, -0.1) is 0 Å². The molecule has 0 spiro atoms. The summed E-state index contributed by atoms with van der Waals surface area (Å²) in [6.07, 6.45) is 4.87. The number of hydrogen-bond donors (Lipinski definition) is 0. The third kappa shape index (κ3) is 6.55. The molecule has 0 radical (unpaired) electrons. The van der Waals surface area contributed by atoms with Crippen molar-refractivity contribution in [1.82, 2.24) is 9.80 Å². The molecule has 3 rings (SSSR count). The van der Waals surface area contributed by atoms with Crippen LogP contribution in [0.4, 0.5) is 4.39 Å². The lowest BCUT2D eigenvalue weighted by Crippen LogP contribution is -2.48. The van der Waals surface area contributed by atoms with Gasteiger partial charge in [-0.05, 0) is 48.4 Å². The van der Waals surface area contributed by atoms with E-state index in [2.05, 4.69) is 34.9 Å². The van der Waals surface area contributed by atoms with Crippen LogP contribution in [0, 0.1) is 17.1 Å². The zero-order chi connectivity index (χ0) is 21.2. The number of ether oxygens (including phenoxy) is 1. The maximum Gasteiger partial charge on any atom is 0.123 e. The van der Waals surface area contributed by atoms with E-state index in [4.69, 9.17) is 10.00 Å². The first-order valence-electron chi connectivity index (χ1n) is 11.0. The zero-order valence-electron chi connectivity index (χ0n) is 17.9. The molecule has 5 heteroatoms. The minimum atomic E-state index is -0.241. The lowest BCUT2D eigenvalue weighted by Gasteiger charge is -2.39. The Morgan fingerprint density at radius 2 is 1.70 bits per heavy atom. The van der Waals surface area contributed by atoms with Gasteiger partial charge in [-0.25, -0.2) is 4.39 Å². The fourth-order valence-corrected chi connectivity index (χ4v) is 4.05. The van der Waals surface area contributed by atoms with Crippen LogP contribution < -0.4 is 4.74 Å². The number of halogens is 1. The molecule has 30 heavy (non-hydrogen) atoms.